The summed E-state index contributed by atoms with van der Waals surface area (Å²) in [6.45, 7) is 17.1. The molecule has 2 saturated heterocycles. The van der Waals surface area contributed by atoms with E-state index < -0.39 is 0 Å². The van der Waals surface area contributed by atoms with Crippen molar-refractivity contribution in [1.82, 2.24) is 9.80 Å². The molecule has 0 aliphatic carbocycles. The molecule has 0 radical (unpaired) electrons. The summed E-state index contributed by atoms with van der Waals surface area (Å²) in [6.07, 6.45) is 3.38. The van der Waals surface area contributed by atoms with E-state index in [-0.39, 0.29) is 0 Å². The molecule has 0 saturated carbocycles. The summed E-state index contributed by atoms with van der Waals surface area (Å²) in [6, 6.07) is 0. The lowest BCUT2D eigenvalue weighted by Crippen LogP contribution is -2.51. The predicted molar refractivity (Wildman–Crippen MR) is 92.7 cm³/mol. The normalized spacial score (nSPS) is 31.7. The molecule has 0 aromatic carbocycles. The fourth-order valence-corrected chi connectivity index (χ4v) is 4.49. The zero-order valence-electron chi connectivity index (χ0n) is 15.3. The van der Waals surface area contributed by atoms with Gasteiger partial charge in [-0.25, -0.2) is 0 Å². The Morgan fingerprint density at radius 2 is 1.64 bits per heavy atom. The van der Waals surface area contributed by atoms with E-state index in [1.165, 1.54) is 32.5 Å². The highest BCUT2D eigenvalue weighted by atomic mass is 16.2. The summed E-state index contributed by atoms with van der Waals surface area (Å²) in [4.78, 5) is 16.8. The van der Waals surface area contributed by atoms with Gasteiger partial charge in [-0.1, -0.05) is 34.6 Å². The van der Waals surface area contributed by atoms with Gasteiger partial charge in [0.25, 0.3) is 0 Å². The second-order valence-corrected chi connectivity index (χ2v) is 8.15. The fraction of sp³-hybridized carbons (Fsp3) is 0.947. The van der Waals surface area contributed by atoms with Crippen LogP contribution in [0.1, 0.15) is 53.9 Å². The van der Waals surface area contributed by atoms with Gasteiger partial charge in [0.2, 0.25) is 5.91 Å². The number of hydrogen-bond donors (Lipinski definition) is 0. The van der Waals surface area contributed by atoms with Crippen LogP contribution in [0.5, 0.6) is 0 Å². The Morgan fingerprint density at radius 3 is 2.09 bits per heavy atom. The highest BCUT2D eigenvalue weighted by Gasteiger charge is 2.35. The molecule has 0 bridgehead atoms. The second-order valence-electron chi connectivity index (χ2n) is 8.15. The Morgan fingerprint density at radius 1 is 1.09 bits per heavy atom. The Hall–Kier alpha value is -0.570. The van der Waals surface area contributed by atoms with Gasteiger partial charge >= 0.3 is 0 Å². The van der Waals surface area contributed by atoms with Crippen molar-refractivity contribution in [3.8, 4) is 0 Å². The third-order valence-electron chi connectivity index (χ3n) is 6.18. The molecule has 3 heteroatoms. The van der Waals surface area contributed by atoms with Gasteiger partial charge in [-0.2, -0.15) is 0 Å². The van der Waals surface area contributed by atoms with E-state index in [4.69, 9.17) is 0 Å². The predicted octanol–water partition coefficient (Wildman–Crippen LogP) is 3.50. The Bertz CT molecular complexity index is 348. The standard InChI is InChI=1S/C19H36N2O/c1-6-19(22)21-11-15(4)18(16(5)12-21)13-20-9-7-17(8-10-20)14(2)3/h14-18H,6-13H2,1-5H3/t15-,16+,18?. The van der Waals surface area contributed by atoms with Crippen LogP contribution < -0.4 is 0 Å². The number of rotatable bonds is 4. The largest absolute Gasteiger partial charge is 0.342 e. The molecule has 128 valence electrons. The maximum absolute atomic E-state index is 12.0. The van der Waals surface area contributed by atoms with Gasteiger partial charge in [-0.05, 0) is 55.5 Å². The molecule has 2 rings (SSSR count). The molecule has 1 amide bonds. The van der Waals surface area contributed by atoms with Crippen molar-refractivity contribution in [2.45, 2.75) is 53.9 Å². The van der Waals surface area contributed by atoms with Crippen LogP contribution in [0.25, 0.3) is 0 Å². The summed E-state index contributed by atoms with van der Waals surface area (Å²) in [5, 5.41) is 0. The molecule has 2 fully saturated rings. The lowest BCUT2D eigenvalue weighted by atomic mass is 9.78. The minimum Gasteiger partial charge on any atom is -0.342 e. The molecule has 2 heterocycles. The fourth-order valence-electron chi connectivity index (χ4n) is 4.49. The number of piperidine rings is 2. The summed E-state index contributed by atoms with van der Waals surface area (Å²) in [5.74, 6) is 4.09. The summed E-state index contributed by atoms with van der Waals surface area (Å²) in [7, 11) is 0. The molecule has 3 atom stereocenters. The third kappa shape index (κ3) is 4.24. The molecule has 0 N–H and O–H groups in total. The number of carbonyl (C=O) groups is 1. The smallest absolute Gasteiger partial charge is 0.222 e. The van der Waals surface area contributed by atoms with Crippen molar-refractivity contribution in [1.29, 1.82) is 0 Å². The second kappa shape index (κ2) is 7.81. The zero-order valence-corrected chi connectivity index (χ0v) is 15.3. The molecular weight excluding hydrogens is 272 g/mol. The molecule has 22 heavy (non-hydrogen) atoms. The van der Waals surface area contributed by atoms with E-state index in [0.29, 0.717) is 24.2 Å². The van der Waals surface area contributed by atoms with Gasteiger partial charge < -0.3 is 9.80 Å². The van der Waals surface area contributed by atoms with E-state index in [1.54, 1.807) is 0 Å². The first-order chi connectivity index (χ1) is 10.4. The molecule has 0 spiro atoms. The maximum atomic E-state index is 12.0. The van der Waals surface area contributed by atoms with Crippen molar-refractivity contribution in [3.05, 3.63) is 0 Å². The van der Waals surface area contributed by atoms with E-state index in [1.807, 2.05) is 6.92 Å². The number of hydrogen-bond acceptors (Lipinski definition) is 2. The first-order valence-corrected chi connectivity index (χ1v) is 9.42. The van der Waals surface area contributed by atoms with E-state index in [9.17, 15) is 4.79 Å². The van der Waals surface area contributed by atoms with Gasteiger partial charge in [0.1, 0.15) is 0 Å². The minimum absolute atomic E-state index is 0.329. The molecule has 0 aromatic heterocycles. The minimum atomic E-state index is 0.329. The first kappa shape index (κ1) is 17.8. The average Bonchev–Trinajstić information content (AvgIpc) is 2.50. The molecule has 0 aromatic rings. The van der Waals surface area contributed by atoms with Gasteiger partial charge in [0.15, 0.2) is 0 Å². The van der Waals surface area contributed by atoms with Crippen LogP contribution in [0.3, 0.4) is 0 Å². The number of likely N-dealkylation sites (tertiary alicyclic amines) is 2. The maximum Gasteiger partial charge on any atom is 0.222 e. The van der Waals surface area contributed by atoms with Crippen molar-refractivity contribution in [2.24, 2.45) is 29.6 Å². The van der Waals surface area contributed by atoms with Crippen LogP contribution in [-0.4, -0.2) is 48.4 Å². The quantitative estimate of drug-likeness (QED) is 0.793. The topological polar surface area (TPSA) is 23.6 Å². The highest BCUT2D eigenvalue weighted by Crippen LogP contribution is 2.31. The van der Waals surface area contributed by atoms with Gasteiger partial charge in [0, 0.05) is 26.1 Å². The van der Waals surface area contributed by atoms with E-state index in [0.717, 1.165) is 30.8 Å². The summed E-state index contributed by atoms with van der Waals surface area (Å²) >= 11 is 0. The molecular formula is C19H36N2O. The zero-order chi connectivity index (χ0) is 16.3. The third-order valence-corrected chi connectivity index (χ3v) is 6.18. The van der Waals surface area contributed by atoms with Gasteiger partial charge in [-0.15, -0.1) is 0 Å². The monoisotopic (exact) mass is 308 g/mol. The lowest BCUT2D eigenvalue weighted by molar-refractivity contribution is -0.135. The van der Waals surface area contributed by atoms with Crippen LogP contribution in [0.15, 0.2) is 0 Å². The first-order valence-electron chi connectivity index (χ1n) is 9.42. The molecule has 2 aliphatic rings. The number of nitrogens with zero attached hydrogens (tertiary/aromatic N) is 2. The van der Waals surface area contributed by atoms with Crippen LogP contribution >= 0.6 is 0 Å². The van der Waals surface area contributed by atoms with Crippen LogP contribution in [-0.2, 0) is 4.79 Å². The van der Waals surface area contributed by atoms with E-state index >= 15 is 0 Å². The van der Waals surface area contributed by atoms with Gasteiger partial charge in [0.05, 0.1) is 0 Å². The molecule has 1 unspecified atom stereocenters. The number of carbonyl (C=O) groups excluding carboxylic acids is 1. The molecule has 2 aliphatic heterocycles. The lowest BCUT2D eigenvalue weighted by Gasteiger charge is -2.44. The van der Waals surface area contributed by atoms with E-state index in [2.05, 4.69) is 37.5 Å². The van der Waals surface area contributed by atoms with Crippen molar-refractivity contribution < 1.29 is 4.79 Å². The van der Waals surface area contributed by atoms with Crippen molar-refractivity contribution in [2.75, 3.05) is 32.7 Å². The van der Waals surface area contributed by atoms with Crippen molar-refractivity contribution in [3.63, 3.8) is 0 Å². The summed E-state index contributed by atoms with van der Waals surface area (Å²) in [5.41, 5.74) is 0. The average molecular weight is 309 g/mol. The highest BCUT2D eigenvalue weighted by molar-refractivity contribution is 5.75. The SMILES string of the molecule is CCC(=O)N1C[C@@H](C)C(CN2CCC(C(C)C)CC2)[C@@H](C)C1. The number of amides is 1. The van der Waals surface area contributed by atoms with Crippen molar-refractivity contribution >= 4 is 5.91 Å². The Kier molecular flexibility index (Phi) is 6.31. The van der Waals surface area contributed by atoms with Crippen LogP contribution in [0.4, 0.5) is 0 Å². The summed E-state index contributed by atoms with van der Waals surface area (Å²) < 4.78 is 0. The molecule has 3 nitrogen and oxygen atoms in total. The van der Waals surface area contributed by atoms with Crippen LogP contribution in [0, 0.1) is 29.6 Å². The van der Waals surface area contributed by atoms with Crippen LogP contribution in [0.2, 0.25) is 0 Å². The Labute approximate surface area is 137 Å². The Balaban J connectivity index is 1.85. The van der Waals surface area contributed by atoms with Gasteiger partial charge in [-0.3, -0.25) is 4.79 Å².